The summed E-state index contributed by atoms with van der Waals surface area (Å²) in [6.07, 6.45) is -2.29. The molecule has 9 heteroatoms. The van der Waals surface area contributed by atoms with Gasteiger partial charge in [-0.05, 0) is 0 Å². The highest BCUT2D eigenvalue weighted by molar-refractivity contribution is 5.88. The number of hydrogen-bond acceptors (Lipinski definition) is 4. The smallest absolute Gasteiger partial charge is 0.336 e. The van der Waals surface area contributed by atoms with Gasteiger partial charge in [0.05, 0.1) is 12.8 Å². The zero-order chi connectivity index (χ0) is 10.6. The molecule has 0 heterocycles. The summed E-state index contributed by atoms with van der Waals surface area (Å²) in [6, 6.07) is 0. The molecular formula is C6H16N2O7+2. The Kier molecular flexibility index (Phi) is 8.47. The van der Waals surface area contributed by atoms with E-state index in [1.807, 2.05) is 0 Å². The van der Waals surface area contributed by atoms with E-state index in [0.29, 0.717) is 0 Å². The van der Waals surface area contributed by atoms with Crippen molar-refractivity contribution >= 4 is 17.9 Å². The van der Waals surface area contributed by atoms with Gasteiger partial charge >= 0.3 is 17.9 Å². The summed E-state index contributed by atoms with van der Waals surface area (Å²) in [5, 5.41) is 33.8. The lowest BCUT2D eigenvalue weighted by atomic mass is 9.96. The summed E-state index contributed by atoms with van der Waals surface area (Å²) in [4.78, 5) is 30.5. The second-order valence-electron chi connectivity index (χ2n) is 2.48. The first-order chi connectivity index (χ1) is 5.78. The molecule has 0 aromatic heterocycles. The molecule has 0 amide bonds. The van der Waals surface area contributed by atoms with E-state index in [9.17, 15) is 14.4 Å². The molecule has 0 aromatic carbocycles. The molecule has 0 aliphatic carbocycles. The minimum Gasteiger partial charge on any atom is -0.481 e. The van der Waals surface area contributed by atoms with Gasteiger partial charge in [-0.2, -0.15) is 0 Å². The van der Waals surface area contributed by atoms with E-state index >= 15 is 0 Å². The van der Waals surface area contributed by atoms with Crippen molar-refractivity contribution in [2.24, 2.45) is 0 Å². The summed E-state index contributed by atoms with van der Waals surface area (Å²) in [5.41, 5.74) is -2.74. The largest absolute Gasteiger partial charge is 0.481 e. The maximum Gasteiger partial charge on any atom is 0.336 e. The second kappa shape index (κ2) is 6.70. The molecule has 0 aliphatic heterocycles. The van der Waals surface area contributed by atoms with Gasteiger partial charge in [0, 0.05) is 0 Å². The van der Waals surface area contributed by atoms with Gasteiger partial charge in [-0.15, -0.1) is 0 Å². The molecule has 0 aliphatic rings. The van der Waals surface area contributed by atoms with Gasteiger partial charge in [0.15, 0.2) is 5.60 Å². The van der Waals surface area contributed by atoms with Crippen LogP contribution in [0.2, 0.25) is 0 Å². The zero-order valence-electron chi connectivity index (χ0n) is 8.43. The lowest BCUT2D eigenvalue weighted by Gasteiger charge is -2.18. The van der Waals surface area contributed by atoms with Crippen molar-refractivity contribution in [3.05, 3.63) is 0 Å². The monoisotopic (exact) mass is 228 g/mol. The lowest BCUT2D eigenvalue weighted by Crippen LogP contribution is -2.42. The molecule has 0 unspecified atom stereocenters. The maximum absolute atomic E-state index is 10.3. The Bertz CT molecular complexity index is 236. The molecule has 9 nitrogen and oxygen atoms in total. The third kappa shape index (κ3) is 6.37. The van der Waals surface area contributed by atoms with Crippen molar-refractivity contribution in [2.75, 3.05) is 0 Å². The highest BCUT2D eigenvalue weighted by Gasteiger charge is 2.40. The molecule has 0 rings (SSSR count). The molecule has 0 aromatic rings. The first-order valence-electron chi connectivity index (χ1n) is 3.17. The van der Waals surface area contributed by atoms with Crippen molar-refractivity contribution in [3.63, 3.8) is 0 Å². The molecule has 0 saturated heterocycles. The number of aliphatic carboxylic acids is 3. The average molecular weight is 228 g/mol. The van der Waals surface area contributed by atoms with Gasteiger partial charge in [0.2, 0.25) is 0 Å². The highest BCUT2D eigenvalue weighted by atomic mass is 16.4. The maximum atomic E-state index is 10.3. The minimum absolute atomic E-state index is 0. The summed E-state index contributed by atoms with van der Waals surface area (Å²) in [6.45, 7) is 0. The Morgan fingerprint density at radius 2 is 1.13 bits per heavy atom. The first kappa shape index (κ1) is 19.0. The average Bonchev–Trinajstić information content (AvgIpc) is 1.82. The van der Waals surface area contributed by atoms with Crippen LogP contribution in [0.15, 0.2) is 0 Å². The van der Waals surface area contributed by atoms with Crippen LogP contribution in [0, 0.1) is 0 Å². The Labute approximate surface area is 84.5 Å². The van der Waals surface area contributed by atoms with Crippen molar-refractivity contribution in [1.29, 1.82) is 0 Å². The second-order valence-corrected chi connectivity index (χ2v) is 2.48. The van der Waals surface area contributed by atoms with Crippen LogP contribution in [0.5, 0.6) is 0 Å². The zero-order valence-corrected chi connectivity index (χ0v) is 8.43. The molecule has 90 valence electrons. The van der Waals surface area contributed by atoms with Crippen LogP contribution in [0.3, 0.4) is 0 Å². The first-order valence-corrected chi connectivity index (χ1v) is 3.17. The molecular weight excluding hydrogens is 212 g/mol. The number of carboxylic acid groups (broad SMARTS) is 3. The predicted molar refractivity (Wildman–Crippen MR) is 49.1 cm³/mol. The molecule has 0 spiro atoms. The minimum atomic E-state index is -2.74. The van der Waals surface area contributed by atoms with Crippen LogP contribution in [-0.4, -0.2) is 43.9 Å². The Hall–Kier alpha value is -1.71. The SMILES string of the molecule is O=C(O)CC(O)(CC(=O)O)C(=O)O.[NH4+].[NH4+]. The van der Waals surface area contributed by atoms with Crippen molar-refractivity contribution < 1.29 is 34.8 Å². The number of carbonyl (C=O) groups is 3. The van der Waals surface area contributed by atoms with Crippen LogP contribution >= 0.6 is 0 Å². The van der Waals surface area contributed by atoms with Gasteiger partial charge in [-0.3, -0.25) is 9.59 Å². The van der Waals surface area contributed by atoms with Crippen molar-refractivity contribution in [3.8, 4) is 0 Å². The Morgan fingerprint density at radius 3 is 1.27 bits per heavy atom. The van der Waals surface area contributed by atoms with E-state index < -0.39 is 36.4 Å². The molecule has 12 N–H and O–H groups in total. The van der Waals surface area contributed by atoms with E-state index in [-0.39, 0.29) is 12.3 Å². The van der Waals surface area contributed by atoms with Gasteiger partial charge in [-0.25, -0.2) is 4.79 Å². The topological polar surface area (TPSA) is 205 Å². The predicted octanol–water partition coefficient (Wildman–Crippen LogP) is -0.496. The number of rotatable bonds is 5. The summed E-state index contributed by atoms with van der Waals surface area (Å²) >= 11 is 0. The van der Waals surface area contributed by atoms with Crippen molar-refractivity contribution in [2.45, 2.75) is 18.4 Å². The molecule has 0 radical (unpaired) electrons. The summed E-state index contributed by atoms with van der Waals surface area (Å²) < 4.78 is 0. The molecule has 15 heavy (non-hydrogen) atoms. The Balaban J connectivity index is -0.000000720. The van der Waals surface area contributed by atoms with E-state index in [2.05, 4.69) is 0 Å². The quantitative estimate of drug-likeness (QED) is 0.363. The van der Waals surface area contributed by atoms with E-state index in [4.69, 9.17) is 20.4 Å². The number of carboxylic acids is 3. The van der Waals surface area contributed by atoms with Crippen LogP contribution in [0.1, 0.15) is 12.8 Å². The van der Waals surface area contributed by atoms with Gasteiger partial charge < -0.3 is 32.7 Å². The third-order valence-electron chi connectivity index (χ3n) is 1.29. The van der Waals surface area contributed by atoms with Crippen LogP contribution in [-0.2, 0) is 14.4 Å². The molecule has 0 fully saturated rings. The fourth-order valence-electron chi connectivity index (χ4n) is 0.714. The third-order valence-corrected chi connectivity index (χ3v) is 1.29. The number of hydrogen-bond donors (Lipinski definition) is 6. The van der Waals surface area contributed by atoms with Gasteiger partial charge in [0.25, 0.3) is 0 Å². The van der Waals surface area contributed by atoms with E-state index in [1.54, 1.807) is 0 Å². The van der Waals surface area contributed by atoms with Gasteiger partial charge in [0.1, 0.15) is 0 Å². The molecule has 0 bridgehead atoms. The lowest BCUT2D eigenvalue weighted by molar-refractivity contribution is -0.170. The summed E-state index contributed by atoms with van der Waals surface area (Å²) in [7, 11) is 0. The van der Waals surface area contributed by atoms with Gasteiger partial charge in [-0.1, -0.05) is 0 Å². The Morgan fingerprint density at radius 1 is 0.867 bits per heavy atom. The summed E-state index contributed by atoms with van der Waals surface area (Å²) in [5.74, 6) is -5.02. The fourth-order valence-corrected chi connectivity index (χ4v) is 0.714. The molecule has 0 saturated carbocycles. The van der Waals surface area contributed by atoms with E-state index in [0.717, 1.165) is 0 Å². The van der Waals surface area contributed by atoms with Crippen LogP contribution in [0.4, 0.5) is 0 Å². The van der Waals surface area contributed by atoms with Crippen LogP contribution < -0.4 is 12.3 Å². The number of quaternary nitrogens is 2. The standard InChI is InChI=1S/C6H8O7.2H3N/c7-3(8)1-6(13,5(11)12)2-4(9)10;;/h13H,1-2H2,(H,7,8)(H,9,10)(H,11,12);2*1H3/p+2. The van der Waals surface area contributed by atoms with Crippen LogP contribution in [0.25, 0.3) is 0 Å². The normalized spacial score (nSPS) is 9.40. The fraction of sp³-hybridized carbons (Fsp3) is 0.500. The van der Waals surface area contributed by atoms with Crippen molar-refractivity contribution in [1.82, 2.24) is 12.3 Å². The highest BCUT2D eigenvalue weighted by Crippen LogP contribution is 2.15. The molecule has 0 atom stereocenters. The number of aliphatic hydroxyl groups is 1. The van der Waals surface area contributed by atoms with E-state index in [1.165, 1.54) is 0 Å².